The van der Waals surface area contributed by atoms with Crippen molar-refractivity contribution in [3.05, 3.63) is 12.2 Å². The Labute approximate surface area is 110 Å². The van der Waals surface area contributed by atoms with Crippen molar-refractivity contribution in [1.29, 1.82) is 0 Å². The molecule has 0 unspecified atom stereocenters. The molecular weight excluding hydrogens is 226 g/mol. The van der Waals surface area contributed by atoms with Gasteiger partial charge in [-0.2, -0.15) is 5.10 Å². The van der Waals surface area contributed by atoms with Crippen LogP contribution < -0.4 is 5.32 Å². The van der Waals surface area contributed by atoms with E-state index in [-0.39, 0.29) is 0 Å². The SMILES string of the molecule is CCCN1CCC(NCCc2ncn(C)n2)CC1. The Kier molecular flexibility index (Phi) is 5.13. The maximum atomic E-state index is 4.29. The van der Waals surface area contributed by atoms with E-state index in [0.717, 1.165) is 18.8 Å². The standard InChI is InChI=1S/C13H25N5/c1-3-8-18-9-5-12(6-10-18)14-7-4-13-15-11-17(2)16-13/h11-12,14H,3-10H2,1-2H3. The lowest BCUT2D eigenvalue weighted by Crippen LogP contribution is -2.43. The lowest BCUT2D eigenvalue weighted by molar-refractivity contribution is 0.198. The molecule has 1 saturated heterocycles. The van der Waals surface area contributed by atoms with E-state index in [1.54, 1.807) is 11.0 Å². The summed E-state index contributed by atoms with van der Waals surface area (Å²) in [6, 6.07) is 0.682. The van der Waals surface area contributed by atoms with E-state index in [4.69, 9.17) is 0 Å². The highest BCUT2D eigenvalue weighted by Gasteiger charge is 2.17. The molecular formula is C13H25N5. The molecule has 5 nitrogen and oxygen atoms in total. The van der Waals surface area contributed by atoms with Gasteiger partial charge < -0.3 is 10.2 Å². The molecule has 102 valence electrons. The van der Waals surface area contributed by atoms with Gasteiger partial charge in [-0.1, -0.05) is 6.92 Å². The van der Waals surface area contributed by atoms with E-state index in [1.807, 2.05) is 7.05 Å². The topological polar surface area (TPSA) is 46.0 Å². The van der Waals surface area contributed by atoms with E-state index in [0.29, 0.717) is 6.04 Å². The minimum Gasteiger partial charge on any atom is -0.313 e. The monoisotopic (exact) mass is 251 g/mol. The van der Waals surface area contributed by atoms with Crippen LogP contribution in [-0.4, -0.2) is 51.9 Å². The summed E-state index contributed by atoms with van der Waals surface area (Å²) in [5.41, 5.74) is 0. The van der Waals surface area contributed by atoms with Crippen molar-refractivity contribution in [3.63, 3.8) is 0 Å². The Balaban J connectivity index is 1.60. The van der Waals surface area contributed by atoms with Crippen LogP contribution >= 0.6 is 0 Å². The average molecular weight is 251 g/mol. The zero-order chi connectivity index (χ0) is 12.8. The van der Waals surface area contributed by atoms with Crippen molar-refractivity contribution in [1.82, 2.24) is 25.0 Å². The molecule has 0 radical (unpaired) electrons. The van der Waals surface area contributed by atoms with Gasteiger partial charge >= 0.3 is 0 Å². The number of rotatable bonds is 6. The third kappa shape index (κ3) is 4.07. The molecule has 2 rings (SSSR count). The normalized spacial score (nSPS) is 18.3. The summed E-state index contributed by atoms with van der Waals surface area (Å²) in [6.45, 7) is 6.98. The number of nitrogens with zero attached hydrogens (tertiary/aromatic N) is 4. The predicted octanol–water partition coefficient (Wildman–Crippen LogP) is 0.822. The molecule has 1 N–H and O–H groups in total. The number of likely N-dealkylation sites (tertiary alicyclic amines) is 1. The molecule has 0 amide bonds. The van der Waals surface area contributed by atoms with Crippen molar-refractivity contribution in [2.45, 2.75) is 38.6 Å². The zero-order valence-corrected chi connectivity index (χ0v) is 11.6. The number of hydrogen-bond acceptors (Lipinski definition) is 4. The van der Waals surface area contributed by atoms with Crippen molar-refractivity contribution in [2.75, 3.05) is 26.2 Å². The predicted molar refractivity (Wildman–Crippen MR) is 72.5 cm³/mol. The summed E-state index contributed by atoms with van der Waals surface area (Å²) in [5, 5.41) is 7.91. The van der Waals surface area contributed by atoms with Gasteiger partial charge in [0.1, 0.15) is 6.33 Å². The van der Waals surface area contributed by atoms with Crippen molar-refractivity contribution in [2.24, 2.45) is 7.05 Å². The van der Waals surface area contributed by atoms with E-state index in [1.165, 1.54) is 38.9 Å². The Morgan fingerprint density at radius 3 is 2.78 bits per heavy atom. The van der Waals surface area contributed by atoms with Crippen LogP contribution in [0.2, 0.25) is 0 Å². The van der Waals surface area contributed by atoms with Crippen LogP contribution in [0.1, 0.15) is 32.0 Å². The Bertz CT molecular complexity index is 341. The number of piperidine rings is 1. The lowest BCUT2D eigenvalue weighted by atomic mass is 10.0. The molecule has 5 heteroatoms. The van der Waals surface area contributed by atoms with Gasteiger partial charge in [0.05, 0.1) is 0 Å². The fourth-order valence-corrected chi connectivity index (χ4v) is 2.56. The van der Waals surface area contributed by atoms with Crippen LogP contribution in [-0.2, 0) is 13.5 Å². The van der Waals surface area contributed by atoms with Gasteiger partial charge in [0.25, 0.3) is 0 Å². The second-order valence-electron chi connectivity index (χ2n) is 5.15. The minimum atomic E-state index is 0.682. The van der Waals surface area contributed by atoms with Crippen molar-refractivity contribution in [3.8, 4) is 0 Å². The molecule has 1 aliphatic rings. The molecule has 18 heavy (non-hydrogen) atoms. The molecule has 1 aliphatic heterocycles. The summed E-state index contributed by atoms with van der Waals surface area (Å²) in [7, 11) is 1.91. The second kappa shape index (κ2) is 6.85. The molecule has 0 saturated carbocycles. The molecule has 0 aromatic carbocycles. The fraction of sp³-hybridized carbons (Fsp3) is 0.846. The van der Waals surface area contributed by atoms with Crippen LogP contribution in [0.5, 0.6) is 0 Å². The van der Waals surface area contributed by atoms with Gasteiger partial charge in [0.15, 0.2) is 5.82 Å². The minimum absolute atomic E-state index is 0.682. The van der Waals surface area contributed by atoms with Crippen LogP contribution in [0.15, 0.2) is 6.33 Å². The van der Waals surface area contributed by atoms with E-state index in [2.05, 4.69) is 27.2 Å². The second-order valence-corrected chi connectivity index (χ2v) is 5.15. The zero-order valence-electron chi connectivity index (χ0n) is 11.6. The third-order valence-electron chi connectivity index (χ3n) is 3.56. The summed E-state index contributed by atoms with van der Waals surface area (Å²) in [5.74, 6) is 0.938. The Morgan fingerprint density at radius 1 is 1.39 bits per heavy atom. The number of aryl methyl sites for hydroxylation is 1. The summed E-state index contributed by atoms with van der Waals surface area (Å²) in [4.78, 5) is 6.81. The molecule has 0 atom stereocenters. The molecule has 0 aliphatic carbocycles. The molecule has 1 fully saturated rings. The number of aromatic nitrogens is 3. The van der Waals surface area contributed by atoms with Crippen molar-refractivity contribution < 1.29 is 0 Å². The summed E-state index contributed by atoms with van der Waals surface area (Å²) in [6.07, 6.45) is 6.50. The Hall–Kier alpha value is -0.940. The van der Waals surface area contributed by atoms with Gasteiger partial charge in [-0.25, -0.2) is 4.98 Å². The van der Waals surface area contributed by atoms with Crippen molar-refractivity contribution >= 4 is 0 Å². The smallest absolute Gasteiger partial charge is 0.151 e. The first-order valence-corrected chi connectivity index (χ1v) is 7.08. The highest BCUT2D eigenvalue weighted by Crippen LogP contribution is 2.10. The molecule has 2 heterocycles. The van der Waals surface area contributed by atoms with Crippen LogP contribution in [0.4, 0.5) is 0 Å². The molecule has 0 spiro atoms. The van der Waals surface area contributed by atoms with Crippen LogP contribution in [0.25, 0.3) is 0 Å². The van der Waals surface area contributed by atoms with E-state index < -0.39 is 0 Å². The first-order valence-electron chi connectivity index (χ1n) is 7.08. The first kappa shape index (κ1) is 13.5. The maximum absolute atomic E-state index is 4.29. The largest absolute Gasteiger partial charge is 0.313 e. The van der Waals surface area contributed by atoms with Crippen LogP contribution in [0, 0.1) is 0 Å². The number of nitrogens with one attached hydrogen (secondary N) is 1. The third-order valence-corrected chi connectivity index (χ3v) is 3.56. The summed E-state index contributed by atoms with van der Waals surface area (Å²) >= 11 is 0. The van der Waals surface area contributed by atoms with Gasteiger partial charge in [-0.15, -0.1) is 0 Å². The van der Waals surface area contributed by atoms with Crippen LogP contribution in [0.3, 0.4) is 0 Å². The van der Waals surface area contributed by atoms with Gasteiger partial charge in [0, 0.05) is 26.1 Å². The number of hydrogen-bond donors (Lipinski definition) is 1. The first-order chi connectivity index (χ1) is 8.78. The maximum Gasteiger partial charge on any atom is 0.151 e. The van der Waals surface area contributed by atoms with Gasteiger partial charge in [-0.05, 0) is 38.9 Å². The lowest BCUT2D eigenvalue weighted by Gasteiger charge is -2.32. The quantitative estimate of drug-likeness (QED) is 0.813. The van der Waals surface area contributed by atoms with Gasteiger partial charge in [-0.3, -0.25) is 4.68 Å². The molecule has 0 bridgehead atoms. The van der Waals surface area contributed by atoms with E-state index >= 15 is 0 Å². The average Bonchev–Trinajstić information content (AvgIpc) is 2.78. The molecule has 1 aromatic heterocycles. The molecule has 1 aromatic rings. The highest BCUT2D eigenvalue weighted by atomic mass is 15.3. The van der Waals surface area contributed by atoms with E-state index in [9.17, 15) is 0 Å². The van der Waals surface area contributed by atoms with Gasteiger partial charge in [0.2, 0.25) is 0 Å². The highest BCUT2D eigenvalue weighted by molar-refractivity contribution is 4.84. The Morgan fingerprint density at radius 2 is 2.17 bits per heavy atom. The summed E-state index contributed by atoms with van der Waals surface area (Å²) < 4.78 is 1.76. The fourth-order valence-electron chi connectivity index (χ4n) is 2.56.